The van der Waals surface area contributed by atoms with E-state index in [9.17, 15) is 14.0 Å². The van der Waals surface area contributed by atoms with Crippen molar-refractivity contribution in [3.8, 4) is 0 Å². The molecule has 1 aromatic carbocycles. The van der Waals surface area contributed by atoms with Gasteiger partial charge in [0.15, 0.2) is 5.17 Å². The topological polar surface area (TPSA) is 81.1 Å². The van der Waals surface area contributed by atoms with Crippen LogP contribution in [0.5, 0.6) is 0 Å². The molecule has 12 heteroatoms. The van der Waals surface area contributed by atoms with E-state index in [2.05, 4.69) is 29.0 Å². The van der Waals surface area contributed by atoms with E-state index in [4.69, 9.17) is 28.2 Å². The lowest BCUT2D eigenvalue weighted by Crippen LogP contribution is -2.58. The number of allylic oxidation sites excluding steroid dienone is 1. The van der Waals surface area contributed by atoms with Gasteiger partial charge in [-0.1, -0.05) is 49.2 Å². The molecule has 7 rings (SSSR count). The molecular weight excluding hydrogens is 622 g/mol. The largest absolute Gasteiger partial charge is 0.338 e. The summed E-state index contributed by atoms with van der Waals surface area (Å²) in [6.45, 7) is 8.31. The molecule has 1 aliphatic carbocycles. The van der Waals surface area contributed by atoms with E-state index in [0.717, 1.165) is 42.6 Å². The predicted molar refractivity (Wildman–Crippen MR) is 171 cm³/mol. The van der Waals surface area contributed by atoms with Crippen LogP contribution < -0.4 is 5.32 Å². The van der Waals surface area contributed by atoms with E-state index in [1.54, 1.807) is 24.4 Å². The molecule has 2 amide bonds. The highest BCUT2D eigenvalue weighted by Gasteiger charge is 2.52. The molecule has 8 nitrogen and oxygen atoms in total. The van der Waals surface area contributed by atoms with Gasteiger partial charge in [-0.2, -0.15) is 0 Å². The summed E-state index contributed by atoms with van der Waals surface area (Å²) < 4.78 is 14.3. The summed E-state index contributed by atoms with van der Waals surface area (Å²) in [4.78, 5) is 44.4. The number of nitrogens with one attached hydrogen (secondary N) is 1. The third-order valence-electron chi connectivity index (χ3n) is 9.57. The molecule has 5 aliphatic rings. The summed E-state index contributed by atoms with van der Waals surface area (Å²) in [6.07, 6.45) is 5.32. The lowest BCUT2D eigenvalue weighted by Gasteiger charge is -2.38. The first-order valence-corrected chi connectivity index (χ1v) is 16.9. The molecular formula is C32H35Cl2FN6O2S. The summed E-state index contributed by atoms with van der Waals surface area (Å²) in [5.41, 5.74) is 2.54. The Morgan fingerprint density at radius 3 is 2.59 bits per heavy atom. The van der Waals surface area contributed by atoms with Gasteiger partial charge in [0.25, 0.3) is 5.91 Å². The number of amidine groups is 1. The van der Waals surface area contributed by atoms with Gasteiger partial charge in [-0.05, 0) is 79.6 Å². The van der Waals surface area contributed by atoms with Crippen LogP contribution in [-0.4, -0.2) is 73.9 Å². The number of amides is 2. The second-order valence-corrected chi connectivity index (χ2v) is 14.6. The van der Waals surface area contributed by atoms with E-state index in [1.807, 2.05) is 22.8 Å². The highest BCUT2D eigenvalue weighted by Crippen LogP contribution is 2.54. The standard InChI is InChI=1S/C32H35Cl2FN6O2S/c1-17(2)26-28(30(43)40-18(3)4-8-23(40)29(42)39-13-12-37-32(16-39)10-11-32)44-31-38-25(20-6-9-24(34)36-15-20)27(41(26)31)19-5-7-22(35)21(33)14-19/h5-7,9,14-15,17-18,23,25,27,37H,4,8,10-13,16H2,1-3H3/t18-,23+,25?,27-/m1/s1. The summed E-state index contributed by atoms with van der Waals surface area (Å²) >= 11 is 13.7. The number of hydrogen-bond acceptors (Lipinski definition) is 7. The van der Waals surface area contributed by atoms with Crippen molar-refractivity contribution < 1.29 is 14.0 Å². The van der Waals surface area contributed by atoms with Crippen LogP contribution in [0.25, 0.3) is 0 Å². The van der Waals surface area contributed by atoms with E-state index in [0.29, 0.717) is 34.7 Å². The zero-order valence-electron chi connectivity index (χ0n) is 24.9. The van der Waals surface area contributed by atoms with E-state index in [-0.39, 0.29) is 46.4 Å². The lowest BCUT2D eigenvalue weighted by atomic mass is 9.93. The number of thioether (sulfide) groups is 1. The predicted octanol–water partition coefficient (Wildman–Crippen LogP) is 5.94. The molecule has 44 heavy (non-hydrogen) atoms. The number of likely N-dealkylation sites (tertiary alicyclic amines) is 1. The Labute approximate surface area is 271 Å². The molecule has 1 aromatic heterocycles. The molecule has 3 fully saturated rings. The van der Waals surface area contributed by atoms with Gasteiger partial charge in [0, 0.05) is 43.1 Å². The van der Waals surface area contributed by atoms with Gasteiger partial charge >= 0.3 is 0 Å². The third-order valence-corrected chi connectivity index (χ3v) is 11.2. The van der Waals surface area contributed by atoms with Crippen LogP contribution in [0.2, 0.25) is 10.2 Å². The highest BCUT2D eigenvalue weighted by atomic mass is 35.5. The number of piperazine rings is 1. The molecule has 1 saturated carbocycles. The fourth-order valence-corrected chi connectivity index (χ4v) is 8.75. The van der Waals surface area contributed by atoms with Gasteiger partial charge in [0.05, 0.1) is 11.1 Å². The number of fused-ring (bicyclic) bond motifs is 1. The number of rotatable bonds is 5. The first kappa shape index (κ1) is 30.0. The van der Waals surface area contributed by atoms with Crippen molar-refractivity contribution in [2.75, 3.05) is 19.6 Å². The van der Waals surface area contributed by atoms with Gasteiger partial charge in [0.2, 0.25) is 5.91 Å². The molecule has 0 bridgehead atoms. The van der Waals surface area contributed by atoms with E-state index < -0.39 is 11.9 Å². The van der Waals surface area contributed by atoms with Crippen molar-refractivity contribution in [1.82, 2.24) is 25.0 Å². The Hall–Kier alpha value is -2.66. The van der Waals surface area contributed by atoms with Gasteiger partial charge in [-0.25, -0.2) is 9.37 Å². The maximum absolute atomic E-state index is 14.6. The van der Waals surface area contributed by atoms with Crippen molar-refractivity contribution >= 4 is 51.9 Å². The van der Waals surface area contributed by atoms with Crippen LogP contribution in [0.1, 0.15) is 69.7 Å². The monoisotopic (exact) mass is 656 g/mol. The van der Waals surface area contributed by atoms with Crippen LogP contribution >= 0.6 is 35.0 Å². The molecule has 4 atom stereocenters. The summed E-state index contributed by atoms with van der Waals surface area (Å²) in [5.74, 6) is -0.612. The van der Waals surface area contributed by atoms with E-state index in [1.165, 1.54) is 17.8 Å². The maximum Gasteiger partial charge on any atom is 0.263 e. The SMILES string of the molecule is CC(C)C1=C(C(=O)N2[C@H](C)CC[C@H]2C(=O)N2CCNC3(CC3)C2)SC2=NC(c3ccc(Cl)nc3)[C@@H](c3ccc(F)c(Cl)c3)N21. The molecule has 5 heterocycles. The number of pyridine rings is 1. The molecule has 4 aliphatic heterocycles. The van der Waals surface area contributed by atoms with Crippen molar-refractivity contribution in [1.29, 1.82) is 0 Å². The van der Waals surface area contributed by atoms with Gasteiger partial charge in [-0.15, -0.1) is 0 Å². The van der Waals surface area contributed by atoms with Crippen LogP contribution in [0.15, 0.2) is 52.1 Å². The molecule has 2 aromatic rings. The molecule has 1 N–H and O–H groups in total. The average molecular weight is 658 g/mol. The first-order chi connectivity index (χ1) is 21.1. The highest BCUT2D eigenvalue weighted by molar-refractivity contribution is 8.18. The minimum atomic E-state index is -0.499. The Balaban J connectivity index is 1.25. The number of carbonyl (C=O) groups is 2. The minimum Gasteiger partial charge on any atom is -0.338 e. The second kappa shape index (κ2) is 11.3. The summed E-state index contributed by atoms with van der Waals surface area (Å²) in [5, 5.41) is 4.66. The smallest absolute Gasteiger partial charge is 0.263 e. The zero-order valence-corrected chi connectivity index (χ0v) is 27.2. The van der Waals surface area contributed by atoms with Crippen molar-refractivity contribution in [3.05, 3.63) is 74.3 Å². The number of halogens is 3. The van der Waals surface area contributed by atoms with Crippen LogP contribution in [0.4, 0.5) is 4.39 Å². The van der Waals surface area contributed by atoms with Gasteiger partial charge in [-0.3, -0.25) is 14.6 Å². The van der Waals surface area contributed by atoms with Crippen molar-refractivity contribution in [3.63, 3.8) is 0 Å². The molecule has 2 saturated heterocycles. The third kappa shape index (κ3) is 5.11. The zero-order chi connectivity index (χ0) is 30.9. The first-order valence-electron chi connectivity index (χ1n) is 15.3. The van der Waals surface area contributed by atoms with E-state index >= 15 is 0 Å². The van der Waals surface area contributed by atoms with Gasteiger partial charge in [0.1, 0.15) is 28.0 Å². The second-order valence-electron chi connectivity index (χ2n) is 12.9. The number of carbonyl (C=O) groups excluding carboxylic acids is 2. The fraction of sp³-hybridized carbons (Fsp3) is 0.500. The summed E-state index contributed by atoms with van der Waals surface area (Å²) in [6, 6.07) is 7.04. The maximum atomic E-state index is 14.6. The Morgan fingerprint density at radius 2 is 1.91 bits per heavy atom. The Bertz CT molecular complexity index is 1580. The van der Waals surface area contributed by atoms with Crippen molar-refractivity contribution in [2.45, 2.75) is 76.2 Å². The lowest BCUT2D eigenvalue weighted by molar-refractivity contribution is -0.144. The van der Waals surface area contributed by atoms with Crippen LogP contribution in [-0.2, 0) is 9.59 Å². The summed E-state index contributed by atoms with van der Waals surface area (Å²) in [7, 11) is 0. The number of hydrogen-bond donors (Lipinski definition) is 1. The van der Waals surface area contributed by atoms with Crippen molar-refractivity contribution in [2.24, 2.45) is 10.9 Å². The number of nitrogens with zero attached hydrogens (tertiary/aromatic N) is 5. The molecule has 0 radical (unpaired) electrons. The number of aromatic nitrogens is 1. The number of aliphatic imine (C=N–C) groups is 1. The minimum absolute atomic E-state index is 0.0234. The van der Waals surface area contributed by atoms with Crippen LogP contribution in [0, 0.1) is 11.7 Å². The quantitative estimate of drug-likeness (QED) is 0.401. The van der Waals surface area contributed by atoms with Crippen LogP contribution in [0.3, 0.4) is 0 Å². The number of benzene rings is 1. The molecule has 1 unspecified atom stereocenters. The fourth-order valence-electron chi connectivity index (χ4n) is 7.16. The average Bonchev–Trinajstić information content (AvgIpc) is 3.30. The molecule has 232 valence electrons. The molecule has 1 spiro atoms. The Morgan fingerprint density at radius 1 is 1.14 bits per heavy atom. The normalized spacial score (nSPS) is 27.4. The van der Waals surface area contributed by atoms with Gasteiger partial charge < -0.3 is 20.0 Å². The Kier molecular flexibility index (Phi) is 7.71.